The number of nitrogens with zero attached hydrogens (tertiary/aromatic N) is 3. The fraction of sp³-hybridized carbons (Fsp3) is 0.400. The molecule has 0 saturated heterocycles. The van der Waals surface area contributed by atoms with Crippen molar-refractivity contribution >= 4 is 17.7 Å². The predicted octanol–water partition coefficient (Wildman–Crippen LogP) is 1.81. The Balaban J connectivity index is 1.45. The maximum atomic E-state index is 12.2. The molecule has 2 aromatic rings. The Morgan fingerprint density at radius 3 is 3.24 bits per heavy atom. The molecule has 21 heavy (non-hydrogen) atoms. The summed E-state index contributed by atoms with van der Waals surface area (Å²) >= 11 is 1.67. The van der Waals surface area contributed by atoms with Crippen LogP contribution >= 0.6 is 11.8 Å². The van der Waals surface area contributed by atoms with Crippen molar-refractivity contribution in [2.24, 2.45) is 0 Å². The summed E-state index contributed by atoms with van der Waals surface area (Å²) in [5.74, 6) is 0.132. The average Bonchev–Trinajstić information content (AvgIpc) is 3.11. The molecule has 1 amide bonds. The third-order valence-electron chi connectivity index (χ3n) is 3.52. The van der Waals surface area contributed by atoms with Crippen molar-refractivity contribution in [3.05, 3.63) is 42.0 Å². The van der Waals surface area contributed by atoms with Gasteiger partial charge in [0.15, 0.2) is 0 Å². The van der Waals surface area contributed by atoms with E-state index in [2.05, 4.69) is 40.5 Å². The Labute approximate surface area is 128 Å². The molecule has 1 N–H and O–H groups in total. The van der Waals surface area contributed by atoms with Gasteiger partial charge in [-0.1, -0.05) is 17.7 Å². The molecule has 0 spiro atoms. The predicted molar refractivity (Wildman–Crippen MR) is 82.2 cm³/mol. The van der Waals surface area contributed by atoms with Crippen LogP contribution in [0.3, 0.4) is 0 Å². The molecule has 1 unspecified atom stereocenters. The van der Waals surface area contributed by atoms with Crippen LogP contribution < -0.4 is 5.32 Å². The summed E-state index contributed by atoms with van der Waals surface area (Å²) in [6.45, 7) is 3.53. The van der Waals surface area contributed by atoms with Gasteiger partial charge in [-0.25, -0.2) is 4.98 Å². The van der Waals surface area contributed by atoms with E-state index in [0.717, 1.165) is 19.4 Å². The van der Waals surface area contributed by atoms with Gasteiger partial charge < -0.3 is 5.32 Å². The third-order valence-corrected chi connectivity index (χ3v) is 4.82. The van der Waals surface area contributed by atoms with E-state index in [0.29, 0.717) is 6.54 Å². The lowest BCUT2D eigenvalue weighted by molar-refractivity contribution is -0.120. The second kappa shape index (κ2) is 6.30. The van der Waals surface area contributed by atoms with Crippen LogP contribution in [-0.4, -0.2) is 32.5 Å². The lowest BCUT2D eigenvalue weighted by atomic mass is 10.1. The van der Waals surface area contributed by atoms with Crippen molar-refractivity contribution in [3.8, 4) is 0 Å². The lowest BCUT2D eigenvalue weighted by Gasteiger charge is -2.09. The van der Waals surface area contributed by atoms with Crippen LogP contribution in [0.5, 0.6) is 0 Å². The molecule has 1 aliphatic heterocycles. The zero-order valence-corrected chi connectivity index (χ0v) is 12.8. The van der Waals surface area contributed by atoms with E-state index < -0.39 is 0 Å². The summed E-state index contributed by atoms with van der Waals surface area (Å²) in [5, 5.41) is 7.06. The molecule has 6 heteroatoms. The Bertz CT molecular complexity index is 627. The van der Waals surface area contributed by atoms with Crippen molar-refractivity contribution < 1.29 is 4.79 Å². The Morgan fingerprint density at radius 1 is 1.52 bits per heavy atom. The number of aromatic nitrogens is 3. The molecule has 0 saturated carbocycles. The molecule has 1 aromatic carbocycles. The number of rotatable bonds is 5. The van der Waals surface area contributed by atoms with Gasteiger partial charge >= 0.3 is 0 Å². The van der Waals surface area contributed by atoms with E-state index >= 15 is 0 Å². The molecule has 5 nitrogen and oxygen atoms in total. The van der Waals surface area contributed by atoms with Crippen molar-refractivity contribution in [2.45, 2.75) is 36.5 Å². The Hall–Kier alpha value is -1.82. The van der Waals surface area contributed by atoms with Crippen LogP contribution in [0.1, 0.15) is 17.5 Å². The number of aryl methyl sites for hydroxylation is 2. The van der Waals surface area contributed by atoms with Crippen molar-refractivity contribution in [1.29, 1.82) is 0 Å². The number of fused-ring (bicyclic) bond motifs is 1. The molecule has 1 aliphatic rings. The first-order valence-electron chi connectivity index (χ1n) is 7.09. The molecule has 1 atom stereocenters. The topological polar surface area (TPSA) is 59.8 Å². The van der Waals surface area contributed by atoms with Gasteiger partial charge in [0.2, 0.25) is 5.91 Å². The summed E-state index contributed by atoms with van der Waals surface area (Å²) in [6, 6.07) is 6.41. The molecule has 110 valence electrons. The van der Waals surface area contributed by atoms with E-state index in [-0.39, 0.29) is 11.2 Å². The molecule has 0 fully saturated rings. The zero-order chi connectivity index (χ0) is 14.7. The molecule has 0 bridgehead atoms. The Kier molecular flexibility index (Phi) is 4.24. The molecule has 2 heterocycles. The van der Waals surface area contributed by atoms with Crippen LogP contribution in [-0.2, 0) is 17.8 Å². The second-order valence-electron chi connectivity index (χ2n) is 5.22. The molecule has 1 aromatic heterocycles. The van der Waals surface area contributed by atoms with Gasteiger partial charge in [-0.3, -0.25) is 9.48 Å². The first-order chi connectivity index (χ1) is 10.2. The van der Waals surface area contributed by atoms with Gasteiger partial charge in [-0.05, 0) is 31.4 Å². The monoisotopic (exact) mass is 302 g/mol. The first-order valence-corrected chi connectivity index (χ1v) is 7.96. The van der Waals surface area contributed by atoms with Crippen LogP contribution in [0.2, 0.25) is 0 Å². The summed E-state index contributed by atoms with van der Waals surface area (Å²) in [5.41, 5.74) is 2.53. The number of amides is 1. The number of carbonyl (C=O) groups excluding carboxylic acids is 1. The van der Waals surface area contributed by atoms with Crippen molar-refractivity contribution in [3.63, 3.8) is 0 Å². The van der Waals surface area contributed by atoms with Gasteiger partial charge in [0.05, 0.1) is 5.25 Å². The number of thioether (sulfide) groups is 1. The summed E-state index contributed by atoms with van der Waals surface area (Å²) in [7, 11) is 0. The minimum atomic E-state index is 0.00756. The minimum Gasteiger partial charge on any atom is -0.355 e. The van der Waals surface area contributed by atoms with E-state index in [1.807, 2.05) is 0 Å². The SMILES string of the molecule is Cc1ccc2c(c1)SC(C(=O)NCCCn1cncn1)C2. The highest BCUT2D eigenvalue weighted by Crippen LogP contribution is 2.37. The van der Waals surface area contributed by atoms with Crippen LogP contribution in [0.4, 0.5) is 0 Å². The maximum Gasteiger partial charge on any atom is 0.233 e. The molecule has 0 aliphatic carbocycles. The number of benzene rings is 1. The van der Waals surface area contributed by atoms with E-state index in [9.17, 15) is 4.79 Å². The normalized spacial score (nSPS) is 16.7. The second-order valence-corrected chi connectivity index (χ2v) is 6.47. The van der Waals surface area contributed by atoms with Crippen molar-refractivity contribution in [1.82, 2.24) is 20.1 Å². The van der Waals surface area contributed by atoms with Crippen LogP contribution in [0.15, 0.2) is 35.7 Å². The summed E-state index contributed by atoms with van der Waals surface area (Å²) in [4.78, 5) is 17.3. The number of nitrogens with one attached hydrogen (secondary N) is 1. The van der Waals surface area contributed by atoms with Crippen LogP contribution in [0.25, 0.3) is 0 Å². The molecular formula is C15H18N4OS. The highest BCUT2D eigenvalue weighted by molar-refractivity contribution is 8.01. The zero-order valence-electron chi connectivity index (χ0n) is 12.0. The fourth-order valence-corrected chi connectivity index (χ4v) is 3.71. The van der Waals surface area contributed by atoms with Gasteiger partial charge in [0.25, 0.3) is 0 Å². The highest BCUT2D eigenvalue weighted by Gasteiger charge is 2.27. The smallest absolute Gasteiger partial charge is 0.233 e. The first kappa shape index (κ1) is 14.1. The third kappa shape index (κ3) is 3.44. The standard InChI is InChI=1S/C15H18N4OS/c1-11-3-4-12-8-14(21-13(12)7-11)15(20)17-5-2-6-19-10-16-9-18-19/h3-4,7,9-10,14H,2,5-6,8H2,1H3,(H,17,20). The maximum absolute atomic E-state index is 12.2. The van der Waals surface area contributed by atoms with E-state index in [1.54, 1.807) is 22.8 Å². The van der Waals surface area contributed by atoms with Gasteiger partial charge in [-0.2, -0.15) is 5.10 Å². The fourth-order valence-electron chi connectivity index (χ4n) is 2.40. The van der Waals surface area contributed by atoms with Gasteiger partial charge in [0, 0.05) is 18.0 Å². The van der Waals surface area contributed by atoms with Crippen molar-refractivity contribution in [2.75, 3.05) is 6.54 Å². The van der Waals surface area contributed by atoms with E-state index in [1.165, 1.54) is 22.3 Å². The van der Waals surface area contributed by atoms with Crippen LogP contribution in [0, 0.1) is 6.92 Å². The van der Waals surface area contributed by atoms with Gasteiger partial charge in [0.1, 0.15) is 12.7 Å². The quantitative estimate of drug-likeness (QED) is 0.856. The molecular weight excluding hydrogens is 284 g/mol. The highest BCUT2D eigenvalue weighted by atomic mass is 32.2. The molecule has 0 radical (unpaired) electrons. The number of hydrogen-bond acceptors (Lipinski definition) is 4. The number of hydrogen-bond donors (Lipinski definition) is 1. The minimum absolute atomic E-state index is 0.00756. The van der Waals surface area contributed by atoms with E-state index in [4.69, 9.17) is 0 Å². The summed E-state index contributed by atoms with van der Waals surface area (Å²) < 4.78 is 1.77. The lowest BCUT2D eigenvalue weighted by Crippen LogP contribution is -2.33. The summed E-state index contributed by atoms with van der Waals surface area (Å²) in [6.07, 6.45) is 4.90. The largest absolute Gasteiger partial charge is 0.355 e. The number of carbonyl (C=O) groups is 1. The Morgan fingerprint density at radius 2 is 2.43 bits per heavy atom. The van der Waals surface area contributed by atoms with Gasteiger partial charge in [-0.15, -0.1) is 11.8 Å². The molecule has 3 rings (SSSR count). The average molecular weight is 302 g/mol.